The number of nitrogens with one attached hydrogen (secondary N) is 1. The van der Waals surface area contributed by atoms with Gasteiger partial charge in [0.2, 0.25) is 0 Å². The summed E-state index contributed by atoms with van der Waals surface area (Å²) >= 11 is 0. The second-order valence-corrected chi connectivity index (χ2v) is 3.87. The fraction of sp³-hybridized carbons (Fsp3) is 1.00. The molecule has 0 radical (unpaired) electrons. The van der Waals surface area contributed by atoms with Gasteiger partial charge in [-0.3, -0.25) is 0 Å². The first-order valence-corrected chi connectivity index (χ1v) is 4.86. The monoisotopic (exact) mass is 154 g/mol. The lowest BCUT2D eigenvalue weighted by Gasteiger charge is -2.22. The summed E-state index contributed by atoms with van der Waals surface area (Å²) in [5.41, 5.74) is 0. The summed E-state index contributed by atoms with van der Waals surface area (Å²) in [5.74, 6) is 0.974. The van der Waals surface area contributed by atoms with Gasteiger partial charge in [0, 0.05) is 19.1 Å². The molecule has 1 unspecified atom stereocenters. The molecule has 0 aromatic carbocycles. The maximum Gasteiger partial charge on any atom is 0.0235 e. The molecule has 0 amide bonds. The molecule has 2 aliphatic rings. The van der Waals surface area contributed by atoms with Crippen LogP contribution in [0.3, 0.4) is 0 Å². The fourth-order valence-corrected chi connectivity index (χ4v) is 2.35. The van der Waals surface area contributed by atoms with Crippen molar-refractivity contribution in [3.8, 4) is 0 Å². The Morgan fingerprint density at radius 2 is 2.36 bits per heavy atom. The summed E-state index contributed by atoms with van der Waals surface area (Å²) in [6.07, 6.45) is 2.70. The Balaban J connectivity index is 1.78. The molecule has 0 aromatic heterocycles. The van der Waals surface area contributed by atoms with Crippen LogP contribution in [0.2, 0.25) is 0 Å². The first-order chi connectivity index (χ1) is 5.40. The summed E-state index contributed by atoms with van der Waals surface area (Å²) in [7, 11) is 0. The molecule has 2 fully saturated rings. The van der Waals surface area contributed by atoms with Crippen molar-refractivity contribution in [2.24, 2.45) is 5.92 Å². The van der Waals surface area contributed by atoms with E-state index in [4.69, 9.17) is 0 Å². The predicted molar refractivity (Wildman–Crippen MR) is 46.6 cm³/mol. The van der Waals surface area contributed by atoms with Gasteiger partial charge in [-0.15, -0.1) is 0 Å². The standard InChI is InChI=1S/C9H18N2/c1-2-4-10-9-7-11-5-3-8(9)6-11/h8-10H,2-7H2,1H3/t8-,9+/m0/s1. The van der Waals surface area contributed by atoms with Crippen LogP contribution in [0.1, 0.15) is 19.8 Å². The minimum atomic E-state index is 0.823. The number of hydrogen-bond donors (Lipinski definition) is 1. The molecule has 0 aliphatic carbocycles. The third-order valence-electron chi connectivity index (χ3n) is 2.99. The second-order valence-electron chi connectivity index (χ2n) is 3.87. The Hall–Kier alpha value is -0.0800. The summed E-state index contributed by atoms with van der Waals surface area (Å²) < 4.78 is 0. The predicted octanol–water partition coefficient (Wildman–Crippen LogP) is 0.690. The highest BCUT2D eigenvalue weighted by molar-refractivity contribution is 4.94. The molecule has 2 heterocycles. The topological polar surface area (TPSA) is 15.3 Å². The van der Waals surface area contributed by atoms with E-state index in [2.05, 4.69) is 17.1 Å². The first-order valence-electron chi connectivity index (χ1n) is 4.86. The SMILES string of the molecule is CCCN[C@@H]1CN2CC[C@H]1C2. The zero-order chi connectivity index (χ0) is 7.68. The molecule has 2 rings (SSSR count). The molecule has 0 spiro atoms. The molecular formula is C9H18N2. The molecule has 2 bridgehead atoms. The number of nitrogens with zero attached hydrogens (tertiary/aromatic N) is 1. The molecule has 3 atom stereocenters. The van der Waals surface area contributed by atoms with Gasteiger partial charge in [0.15, 0.2) is 0 Å². The van der Waals surface area contributed by atoms with Gasteiger partial charge in [-0.05, 0) is 31.8 Å². The van der Waals surface area contributed by atoms with Crippen molar-refractivity contribution in [3.63, 3.8) is 0 Å². The van der Waals surface area contributed by atoms with Crippen LogP contribution >= 0.6 is 0 Å². The smallest absolute Gasteiger partial charge is 0.0235 e. The van der Waals surface area contributed by atoms with E-state index in [0.29, 0.717) is 0 Å². The molecule has 0 aromatic rings. The number of piperidine rings is 1. The highest BCUT2D eigenvalue weighted by atomic mass is 15.2. The third kappa shape index (κ3) is 1.42. The quantitative estimate of drug-likeness (QED) is 0.643. The van der Waals surface area contributed by atoms with E-state index in [1.807, 2.05) is 0 Å². The lowest BCUT2D eigenvalue weighted by molar-refractivity contribution is 0.316. The number of fused-ring (bicyclic) bond motifs is 2. The molecule has 64 valence electrons. The van der Waals surface area contributed by atoms with E-state index in [9.17, 15) is 0 Å². The lowest BCUT2D eigenvalue weighted by Crippen LogP contribution is -2.40. The van der Waals surface area contributed by atoms with Crippen molar-refractivity contribution in [2.75, 3.05) is 26.2 Å². The highest BCUT2D eigenvalue weighted by Gasteiger charge is 2.37. The van der Waals surface area contributed by atoms with E-state index in [0.717, 1.165) is 12.0 Å². The average molecular weight is 154 g/mol. The Morgan fingerprint density at radius 1 is 1.45 bits per heavy atom. The van der Waals surface area contributed by atoms with Crippen LogP contribution in [0, 0.1) is 5.92 Å². The van der Waals surface area contributed by atoms with E-state index in [1.54, 1.807) is 0 Å². The summed E-state index contributed by atoms with van der Waals surface area (Å²) in [5, 5.41) is 3.62. The van der Waals surface area contributed by atoms with Gasteiger partial charge in [-0.2, -0.15) is 0 Å². The second kappa shape index (κ2) is 3.11. The zero-order valence-electron chi connectivity index (χ0n) is 7.34. The van der Waals surface area contributed by atoms with Crippen LogP contribution in [0.25, 0.3) is 0 Å². The molecule has 2 heteroatoms. The van der Waals surface area contributed by atoms with Crippen molar-refractivity contribution < 1.29 is 0 Å². The van der Waals surface area contributed by atoms with Gasteiger partial charge < -0.3 is 10.2 Å². The van der Waals surface area contributed by atoms with E-state index < -0.39 is 0 Å². The van der Waals surface area contributed by atoms with Gasteiger partial charge in [-0.25, -0.2) is 0 Å². The summed E-state index contributed by atoms with van der Waals surface area (Å²) in [6.45, 7) is 7.47. The van der Waals surface area contributed by atoms with Crippen LogP contribution in [-0.2, 0) is 0 Å². The van der Waals surface area contributed by atoms with Gasteiger partial charge in [0.05, 0.1) is 0 Å². The van der Waals surface area contributed by atoms with Crippen LogP contribution in [0.4, 0.5) is 0 Å². The first kappa shape index (κ1) is 7.56. The minimum Gasteiger partial charge on any atom is -0.312 e. The third-order valence-corrected chi connectivity index (χ3v) is 2.99. The van der Waals surface area contributed by atoms with Crippen molar-refractivity contribution in [2.45, 2.75) is 25.8 Å². The van der Waals surface area contributed by atoms with E-state index >= 15 is 0 Å². The average Bonchev–Trinajstić information content (AvgIpc) is 2.60. The normalized spacial score (nSPS) is 41.7. The van der Waals surface area contributed by atoms with Crippen LogP contribution in [0.15, 0.2) is 0 Å². The van der Waals surface area contributed by atoms with Gasteiger partial charge in [0.1, 0.15) is 0 Å². The van der Waals surface area contributed by atoms with Gasteiger partial charge >= 0.3 is 0 Å². The summed E-state index contributed by atoms with van der Waals surface area (Å²) in [6, 6.07) is 0.823. The lowest BCUT2D eigenvalue weighted by atomic mass is 10.0. The molecule has 2 saturated heterocycles. The van der Waals surface area contributed by atoms with Crippen LogP contribution < -0.4 is 5.32 Å². The van der Waals surface area contributed by atoms with Crippen molar-refractivity contribution in [1.82, 2.24) is 10.2 Å². The van der Waals surface area contributed by atoms with E-state index in [-0.39, 0.29) is 0 Å². The maximum absolute atomic E-state index is 3.62. The Morgan fingerprint density at radius 3 is 2.91 bits per heavy atom. The van der Waals surface area contributed by atoms with Crippen LogP contribution in [-0.4, -0.2) is 37.1 Å². The molecular weight excluding hydrogens is 136 g/mol. The Kier molecular flexibility index (Phi) is 2.14. The number of hydrogen-bond acceptors (Lipinski definition) is 2. The molecule has 2 nitrogen and oxygen atoms in total. The highest BCUT2D eigenvalue weighted by Crippen LogP contribution is 2.27. The van der Waals surface area contributed by atoms with Crippen molar-refractivity contribution >= 4 is 0 Å². The van der Waals surface area contributed by atoms with Crippen molar-refractivity contribution in [3.05, 3.63) is 0 Å². The summed E-state index contributed by atoms with van der Waals surface area (Å²) in [4.78, 5) is 2.58. The molecule has 1 N–H and O–H groups in total. The Labute approximate surface area is 69.0 Å². The maximum atomic E-state index is 3.62. The molecule has 11 heavy (non-hydrogen) atoms. The van der Waals surface area contributed by atoms with Crippen molar-refractivity contribution in [1.29, 1.82) is 0 Å². The molecule has 2 aliphatic heterocycles. The van der Waals surface area contributed by atoms with Gasteiger partial charge in [-0.1, -0.05) is 6.92 Å². The zero-order valence-corrected chi connectivity index (χ0v) is 7.34. The Bertz CT molecular complexity index is 136. The molecule has 0 saturated carbocycles. The number of rotatable bonds is 3. The fourth-order valence-electron chi connectivity index (χ4n) is 2.35. The van der Waals surface area contributed by atoms with Crippen LogP contribution in [0.5, 0.6) is 0 Å². The largest absolute Gasteiger partial charge is 0.312 e. The van der Waals surface area contributed by atoms with Gasteiger partial charge in [0.25, 0.3) is 0 Å². The van der Waals surface area contributed by atoms with E-state index in [1.165, 1.54) is 39.0 Å². The minimum absolute atomic E-state index is 0.823.